The van der Waals surface area contributed by atoms with Gasteiger partial charge in [-0.05, 0) is 38.0 Å². The number of hydrogen-bond acceptors (Lipinski definition) is 6. The van der Waals surface area contributed by atoms with Gasteiger partial charge in [-0.3, -0.25) is 9.59 Å². The highest BCUT2D eigenvalue weighted by molar-refractivity contribution is 7.89. The van der Waals surface area contributed by atoms with Crippen molar-refractivity contribution in [3.8, 4) is 5.75 Å². The molecule has 3 heterocycles. The number of benzene rings is 1. The number of amides is 2. The van der Waals surface area contributed by atoms with Gasteiger partial charge < -0.3 is 19.7 Å². The van der Waals surface area contributed by atoms with Crippen molar-refractivity contribution in [3.05, 3.63) is 18.2 Å². The van der Waals surface area contributed by atoms with E-state index in [0.29, 0.717) is 31.1 Å². The van der Waals surface area contributed by atoms with E-state index in [9.17, 15) is 18.0 Å². The summed E-state index contributed by atoms with van der Waals surface area (Å²) in [7, 11) is -3.74. The number of nitrogens with zero attached hydrogens (tertiary/aromatic N) is 2. The van der Waals surface area contributed by atoms with Gasteiger partial charge in [-0.15, -0.1) is 0 Å². The van der Waals surface area contributed by atoms with Crippen LogP contribution in [0.1, 0.15) is 19.8 Å². The average molecular weight is 409 g/mol. The minimum absolute atomic E-state index is 0.0580. The van der Waals surface area contributed by atoms with Crippen molar-refractivity contribution in [3.63, 3.8) is 0 Å². The standard InChI is InChI=1S/C18H23N3O6S/c1-12-17(22)19-14-11-13(4-5-15(14)27-12)28(24,25)21-8-6-20(7-9-21)18(23)16-3-2-10-26-16/h4-5,11-12,16H,2-3,6-10H2,1H3,(H,19,22)/t12-,16+/m0/s1. The summed E-state index contributed by atoms with van der Waals surface area (Å²) in [5.74, 6) is 0.0682. The number of nitrogens with one attached hydrogen (secondary N) is 1. The third kappa shape index (κ3) is 3.47. The van der Waals surface area contributed by atoms with Crippen LogP contribution in [-0.4, -0.2) is 74.4 Å². The second kappa shape index (κ2) is 7.34. The van der Waals surface area contributed by atoms with Crippen LogP contribution in [0.2, 0.25) is 0 Å². The monoisotopic (exact) mass is 409 g/mol. The van der Waals surface area contributed by atoms with Crippen LogP contribution in [0.15, 0.2) is 23.1 Å². The molecule has 10 heteroatoms. The van der Waals surface area contributed by atoms with E-state index in [-0.39, 0.29) is 29.8 Å². The largest absolute Gasteiger partial charge is 0.479 e. The topological polar surface area (TPSA) is 105 Å². The number of carbonyl (C=O) groups is 2. The Kier molecular flexibility index (Phi) is 5.02. The lowest BCUT2D eigenvalue weighted by Crippen LogP contribution is -2.52. The minimum atomic E-state index is -3.74. The Labute approximate surface area is 163 Å². The molecular formula is C18H23N3O6S. The number of hydrogen-bond donors (Lipinski definition) is 1. The lowest BCUT2D eigenvalue weighted by Gasteiger charge is -2.35. The second-order valence-electron chi connectivity index (χ2n) is 7.14. The third-order valence-corrected chi connectivity index (χ3v) is 7.17. The molecule has 1 aromatic carbocycles. The van der Waals surface area contributed by atoms with E-state index in [2.05, 4.69) is 5.32 Å². The molecule has 0 unspecified atom stereocenters. The van der Waals surface area contributed by atoms with E-state index in [4.69, 9.17) is 9.47 Å². The zero-order valence-electron chi connectivity index (χ0n) is 15.6. The lowest BCUT2D eigenvalue weighted by molar-refractivity contribution is -0.142. The maximum atomic E-state index is 13.0. The molecule has 0 bridgehead atoms. The molecule has 2 fully saturated rings. The van der Waals surface area contributed by atoms with Gasteiger partial charge in [0, 0.05) is 32.8 Å². The number of carbonyl (C=O) groups excluding carboxylic acids is 2. The van der Waals surface area contributed by atoms with E-state index in [0.717, 1.165) is 12.8 Å². The van der Waals surface area contributed by atoms with Gasteiger partial charge >= 0.3 is 0 Å². The van der Waals surface area contributed by atoms with Gasteiger partial charge in [0.05, 0.1) is 10.6 Å². The molecule has 9 nitrogen and oxygen atoms in total. The Bertz CT molecular complexity index is 889. The number of piperazine rings is 1. The molecule has 1 aromatic rings. The van der Waals surface area contributed by atoms with Gasteiger partial charge in [0.2, 0.25) is 10.0 Å². The molecule has 0 saturated carbocycles. The van der Waals surface area contributed by atoms with Crippen molar-refractivity contribution < 1.29 is 27.5 Å². The summed E-state index contributed by atoms with van der Waals surface area (Å²) >= 11 is 0. The van der Waals surface area contributed by atoms with Crippen LogP contribution in [0, 0.1) is 0 Å². The Morgan fingerprint density at radius 3 is 2.64 bits per heavy atom. The van der Waals surface area contributed by atoms with Gasteiger partial charge in [0.15, 0.2) is 6.10 Å². The first-order valence-electron chi connectivity index (χ1n) is 9.38. The van der Waals surface area contributed by atoms with Crippen LogP contribution in [0.5, 0.6) is 5.75 Å². The molecule has 0 spiro atoms. The zero-order valence-corrected chi connectivity index (χ0v) is 16.4. The third-order valence-electron chi connectivity index (χ3n) is 5.28. The molecule has 2 saturated heterocycles. The Balaban J connectivity index is 1.45. The van der Waals surface area contributed by atoms with Gasteiger partial charge in [-0.1, -0.05) is 0 Å². The highest BCUT2D eigenvalue weighted by Crippen LogP contribution is 2.33. The smallest absolute Gasteiger partial charge is 0.265 e. The molecule has 0 aliphatic carbocycles. The Hall–Kier alpha value is -2.17. The zero-order chi connectivity index (χ0) is 19.9. The van der Waals surface area contributed by atoms with Crippen LogP contribution in [-0.2, 0) is 24.3 Å². The van der Waals surface area contributed by atoms with E-state index in [1.54, 1.807) is 17.9 Å². The fourth-order valence-electron chi connectivity index (χ4n) is 3.62. The molecule has 3 aliphatic heterocycles. The van der Waals surface area contributed by atoms with E-state index in [1.165, 1.54) is 16.4 Å². The van der Waals surface area contributed by atoms with Crippen molar-refractivity contribution in [2.45, 2.75) is 36.9 Å². The van der Waals surface area contributed by atoms with Crippen molar-refractivity contribution in [2.75, 3.05) is 38.1 Å². The average Bonchev–Trinajstić information content (AvgIpc) is 3.23. The van der Waals surface area contributed by atoms with Crippen LogP contribution < -0.4 is 10.1 Å². The SMILES string of the molecule is C[C@@H]1Oc2ccc(S(=O)(=O)N3CCN(C(=O)[C@H]4CCCO4)CC3)cc2NC1=O. The lowest BCUT2D eigenvalue weighted by atomic mass is 10.2. The Morgan fingerprint density at radius 2 is 1.96 bits per heavy atom. The van der Waals surface area contributed by atoms with Gasteiger partial charge in [-0.25, -0.2) is 8.42 Å². The maximum Gasteiger partial charge on any atom is 0.265 e. The molecule has 28 heavy (non-hydrogen) atoms. The van der Waals surface area contributed by atoms with E-state index in [1.807, 2.05) is 0 Å². The molecular weight excluding hydrogens is 386 g/mol. The summed E-state index contributed by atoms with van der Waals surface area (Å²) in [6, 6.07) is 4.44. The van der Waals surface area contributed by atoms with Crippen molar-refractivity contribution in [1.29, 1.82) is 0 Å². The van der Waals surface area contributed by atoms with Crippen LogP contribution in [0.25, 0.3) is 0 Å². The minimum Gasteiger partial charge on any atom is -0.479 e. The van der Waals surface area contributed by atoms with Crippen molar-refractivity contribution in [2.24, 2.45) is 0 Å². The first-order valence-corrected chi connectivity index (χ1v) is 10.8. The summed E-state index contributed by atoms with van der Waals surface area (Å²) < 4.78 is 38.3. The summed E-state index contributed by atoms with van der Waals surface area (Å²) in [4.78, 5) is 26.0. The molecule has 2 amide bonds. The van der Waals surface area contributed by atoms with Crippen molar-refractivity contribution in [1.82, 2.24) is 9.21 Å². The maximum absolute atomic E-state index is 13.0. The summed E-state index contributed by atoms with van der Waals surface area (Å²) in [6.45, 7) is 3.33. The predicted molar refractivity (Wildman–Crippen MR) is 99.5 cm³/mol. The van der Waals surface area contributed by atoms with Gasteiger partial charge in [-0.2, -0.15) is 4.31 Å². The van der Waals surface area contributed by atoms with Crippen LogP contribution in [0.4, 0.5) is 5.69 Å². The quantitative estimate of drug-likeness (QED) is 0.776. The molecule has 0 aromatic heterocycles. The molecule has 2 atom stereocenters. The van der Waals surface area contributed by atoms with Gasteiger partial charge in [0.1, 0.15) is 11.9 Å². The molecule has 1 N–H and O–H groups in total. The molecule has 152 valence electrons. The fourth-order valence-corrected chi connectivity index (χ4v) is 5.07. The number of fused-ring (bicyclic) bond motifs is 1. The number of rotatable bonds is 3. The first kappa shape index (κ1) is 19.2. The number of anilines is 1. The highest BCUT2D eigenvalue weighted by Gasteiger charge is 2.34. The summed E-state index contributed by atoms with van der Waals surface area (Å²) in [5, 5.41) is 2.66. The fraction of sp³-hybridized carbons (Fsp3) is 0.556. The second-order valence-corrected chi connectivity index (χ2v) is 9.08. The summed E-state index contributed by atoms with van der Waals surface area (Å²) in [6.07, 6.45) is 0.584. The van der Waals surface area contributed by atoms with Crippen LogP contribution in [0.3, 0.4) is 0 Å². The van der Waals surface area contributed by atoms with E-state index < -0.39 is 22.2 Å². The van der Waals surface area contributed by atoms with E-state index >= 15 is 0 Å². The van der Waals surface area contributed by atoms with Crippen LogP contribution >= 0.6 is 0 Å². The normalized spacial score (nSPS) is 25.8. The highest BCUT2D eigenvalue weighted by atomic mass is 32.2. The number of ether oxygens (including phenoxy) is 2. The molecule has 0 radical (unpaired) electrons. The van der Waals surface area contributed by atoms with Gasteiger partial charge in [0.25, 0.3) is 11.8 Å². The molecule has 3 aliphatic rings. The predicted octanol–water partition coefficient (Wildman–Crippen LogP) is 0.418. The first-order chi connectivity index (χ1) is 13.4. The molecule has 4 rings (SSSR count). The van der Waals surface area contributed by atoms with Crippen molar-refractivity contribution >= 4 is 27.5 Å². The number of sulfonamides is 1. The summed E-state index contributed by atoms with van der Waals surface area (Å²) in [5.41, 5.74) is 0.344. The Morgan fingerprint density at radius 1 is 1.21 bits per heavy atom.